The van der Waals surface area contributed by atoms with Gasteiger partial charge in [0.1, 0.15) is 6.61 Å². The number of hydrogen-bond donors (Lipinski definition) is 0. The second-order valence-corrected chi connectivity index (χ2v) is 3.53. The van der Waals surface area contributed by atoms with Crippen molar-refractivity contribution < 1.29 is 9.47 Å². The molecular formula is C3H2BrClFNO. The third kappa shape index (κ3) is 3.19. The molecule has 0 heterocycles. The van der Waals surface area contributed by atoms with Gasteiger partial charge in [0.2, 0.25) is 3.78 Å². The molecule has 0 aliphatic carbocycles. The van der Waals surface area contributed by atoms with E-state index in [1.54, 1.807) is 6.07 Å². The number of nitriles is 1. The highest BCUT2D eigenvalue weighted by Gasteiger charge is 2.22. The van der Waals surface area contributed by atoms with Crippen LogP contribution in [0, 0.1) is 11.3 Å². The molecule has 1 unspecified atom stereocenters. The standard InChI is InChI=1S/C3H2BrClFNO/c4-3(5,1-7)2-8-6/h2H2. The molecule has 0 aliphatic heterocycles. The fraction of sp³-hybridized carbons (Fsp3) is 0.667. The van der Waals surface area contributed by atoms with Crippen LogP contribution in [0.3, 0.4) is 0 Å². The minimum Gasteiger partial charge on any atom is -0.195 e. The summed E-state index contributed by atoms with van der Waals surface area (Å²) < 4.78 is 9.50. The van der Waals surface area contributed by atoms with Crippen LogP contribution in [0.25, 0.3) is 0 Å². The van der Waals surface area contributed by atoms with E-state index in [0.29, 0.717) is 0 Å². The van der Waals surface area contributed by atoms with Gasteiger partial charge in [0.25, 0.3) is 0 Å². The summed E-state index contributed by atoms with van der Waals surface area (Å²) >= 11 is 7.89. The van der Waals surface area contributed by atoms with E-state index >= 15 is 0 Å². The predicted molar refractivity (Wildman–Crippen MR) is 30.2 cm³/mol. The van der Waals surface area contributed by atoms with E-state index in [1.165, 1.54) is 0 Å². The number of hydrogen-bond acceptors (Lipinski definition) is 2. The molecule has 0 rings (SSSR count). The van der Waals surface area contributed by atoms with Gasteiger partial charge in [-0.15, -0.1) is 0 Å². The number of alkyl halides is 2. The second kappa shape index (κ2) is 3.23. The highest BCUT2D eigenvalue weighted by atomic mass is 79.9. The summed E-state index contributed by atoms with van der Waals surface area (Å²) in [5.74, 6) is 0. The van der Waals surface area contributed by atoms with E-state index < -0.39 is 10.4 Å². The quantitative estimate of drug-likeness (QED) is 0.639. The lowest BCUT2D eigenvalue weighted by molar-refractivity contribution is -0.130. The van der Waals surface area contributed by atoms with Gasteiger partial charge in [-0.05, 0) is 20.5 Å². The molecule has 0 aromatic heterocycles. The van der Waals surface area contributed by atoms with Crippen molar-refractivity contribution >= 4 is 27.5 Å². The zero-order valence-corrected chi connectivity index (χ0v) is 6.04. The molecule has 2 nitrogen and oxygen atoms in total. The molecule has 0 N–H and O–H groups in total. The van der Waals surface area contributed by atoms with Crippen LogP contribution in [0.1, 0.15) is 0 Å². The highest BCUT2D eigenvalue weighted by molar-refractivity contribution is 9.10. The van der Waals surface area contributed by atoms with E-state index in [-0.39, 0.29) is 0 Å². The van der Waals surface area contributed by atoms with Gasteiger partial charge < -0.3 is 0 Å². The summed E-state index contributed by atoms with van der Waals surface area (Å²) in [6.45, 7) is -0.481. The molecule has 0 saturated carbocycles. The summed E-state index contributed by atoms with van der Waals surface area (Å²) in [6.07, 6.45) is 0. The lowest BCUT2D eigenvalue weighted by Gasteiger charge is -2.03. The maximum absolute atomic E-state index is 10.9. The summed E-state index contributed by atoms with van der Waals surface area (Å²) in [7, 11) is 0. The largest absolute Gasteiger partial charge is 0.211 e. The third-order valence-corrected chi connectivity index (χ3v) is 0.999. The topological polar surface area (TPSA) is 33.0 Å². The molecule has 1 atom stereocenters. The van der Waals surface area contributed by atoms with E-state index in [1.807, 2.05) is 0 Å². The molecule has 0 radical (unpaired) electrons. The van der Waals surface area contributed by atoms with Crippen LogP contribution in [0.5, 0.6) is 0 Å². The van der Waals surface area contributed by atoms with Crippen molar-refractivity contribution in [2.75, 3.05) is 6.61 Å². The van der Waals surface area contributed by atoms with Crippen LogP contribution in [-0.4, -0.2) is 10.4 Å². The first-order valence-corrected chi connectivity index (χ1v) is 2.82. The molecule has 8 heavy (non-hydrogen) atoms. The molecular weight excluding hydrogens is 200 g/mol. The first kappa shape index (κ1) is 8.15. The lowest BCUT2D eigenvalue weighted by atomic mass is 10.5. The monoisotopic (exact) mass is 201 g/mol. The molecule has 0 aliphatic rings. The van der Waals surface area contributed by atoms with E-state index in [2.05, 4.69) is 20.9 Å². The fourth-order valence-electron chi connectivity index (χ4n) is 0.101. The molecule has 5 heteroatoms. The Bertz CT molecular complexity index is 112. The molecule has 0 bridgehead atoms. The number of halogens is 3. The summed E-state index contributed by atoms with van der Waals surface area (Å²) in [6, 6.07) is 1.56. The van der Waals surface area contributed by atoms with Gasteiger partial charge in [-0.25, -0.2) is 0 Å². The number of rotatable bonds is 2. The van der Waals surface area contributed by atoms with E-state index in [4.69, 9.17) is 16.9 Å². The second-order valence-electron chi connectivity index (χ2n) is 1.07. The van der Waals surface area contributed by atoms with Gasteiger partial charge in [-0.3, -0.25) is 0 Å². The van der Waals surface area contributed by atoms with E-state index in [9.17, 15) is 4.53 Å². The van der Waals surface area contributed by atoms with Crippen molar-refractivity contribution in [3.8, 4) is 6.07 Å². The number of nitrogens with zero attached hydrogens (tertiary/aromatic N) is 1. The first-order valence-electron chi connectivity index (χ1n) is 1.65. The Morgan fingerprint density at radius 2 is 2.50 bits per heavy atom. The molecule has 0 aromatic carbocycles. The van der Waals surface area contributed by atoms with Crippen LogP contribution in [-0.2, 0) is 4.94 Å². The Labute approximate surface area is 59.2 Å². The molecule has 0 spiro atoms. The van der Waals surface area contributed by atoms with Gasteiger partial charge in [-0.1, -0.05) is 11.6 Å². The van der Waals surface area contributed by atoms with Crippen LogP contribution in [0.2, 0.25) is 0 Å². The average molecular weight is 202 g/mol. The van der Waals surface area contributed by atoms with Crippen LogP contribution in [0.4, 0.5) is 4.53 Å². The first-order chi connectivity index (χ1) is 3.62. The summed E-state index contributed by atoms with van der Waals surface area (Å²) in [5, 5.41) is 8.05. The minimum atomic E-state index is -1.41. The lowest BCUT2D eigenvalue weighted by Crippen LogP contribution is -2.14. The SMILES string of the molecule is N#CC(Cl)(Br)COF. The van der Waals surface area contributed by atoms with Crippen LogP contribution < -0.4 is 0 Å². The normalized spacial score (nSPS) is 16.8. The molecule has 0 saturated heterocycles. The fourth-order valence-corrected chi connectivity index (χ4v) is 0.229. The van der Waals surface area contributed by atoms with Crippen molar-refractivity contribution in [1.82, 2.24) is 0 Å². The zero-order chi connectivity index (χ0) is 6.62. The van der Waals surface area contributed by atoms with Gasteiger partial charge >= 0.3 is 0 Å². The van der Waals surface area contributed by atoms with Crippen molar-refractivity contribution in [2.24, 2.45) is 0 Å². The molecule has 0 fully saturated rings. The van der Waals surface area contributed by atoms with Gasteiger partial charge in [0, 0.05) is 0 Å². The van der Waals surface area contributed by atoms with Crippen molar-refractivity contribution in [2.45, 2.75) is 3.78 Å². The van der Waals surface area contributed by atoms with Gasteiger partial charge in [0.05, 0.1) is 6.07 Å². The van der Waals surface area contributed by atoms with Crippen molar-refractivity contribution in [1.29, 1.82) is 5.26 Å². The Balaban J connectivity index is 3.59. The predicted octanol–water partition coefficient (Wildman–Crippen LogP) is 1.74. The van der Waals surface area contributed by atoms with Crippen LogP contribution >= 0.6 is 27.5 Å². The van der Waals surface area contributed by atoms with Gasteiger partial charge in [0.15, 0.2) is 0 Å². The Hall–Kier alpha value is 0.150. The molecule has 46 valence electrons. The Morgan fingerprint density at radius 3 is 2.62 bits per heavy atom. The maximum atomic E-state index is 10.9. The summed E-state index contributed by atoms with van der Waals surface area (Å²) in [5.41, 5.74) is 0. The maximum Gasteiger partial charge on any atom is 0.211 e. The Kier molecular flexibility index (Phi) is 3.29. The van der Waals surface area contributed by atoms with E-state index in [0.717, 1.165) is 0 Å². The van der Waals surface area contributed by atoms with Crippen molar-refractivity contribution in [3.05, 3.63) is 0 Å². The Morgan fingerprint density at radius 1 is 2.00 bits per heavy atom. The smallest absolute Gasteiger partial charge is 0.195 e. The minimum absolute atomic E-state index is 0.481. The van der Waals surface area contributed by atoms with Crippen LogP contribution in [0.15, 0.2) is 0 Å². The van der Waals surface area contributed by atoms with Gasteiger partial charge in [-0.2, -0.15) is 10.2 Å². The van der Waals surface area contributed by atoms with Crippen molar-refractivity contribution in [3.63, 3.8) is 0 Å². The molecule has 0 aromatic rings. The zero-order valence-electron chi connectivity index (χ0n) is 3.70. The molecule has 0 amide bonds. The highest BCUT2D eigenvalue weighted by Crippen LogP contribution is 2.22. The summed E-state index contributed by atoms with van der Waals surface area (Å²) in [4.78, 5) is 3.10. The third-order valence-electron chi connectivity index (χ3n) is 0.399. The average Bonchev–Trinajstić information content (AvgIpc) is 1.67.